The second kappa shape index (κ2) is 3.19. The third-order valence-corrected chi connectivity index (χ3v) is 3.00. The van der Waals surface area contributed by atoms with E-state index in [9.17, 15) is 10.2 Å². The summed E-state index contributed by atoms with van der Waals surface area (Å²) in [6.07, 6.45) is 4.13. The van der Waals surface area contributed by atoms with Gasteiger partial charge in [-0.2, -0.15) is 0 Å². The third-order valence-electron chi connectivity index (χ3n) is 3.00. The van der Waals surface area contributed by atoms with E-state index in [0.29, 0.717) is 6.42 Å². The molecule has 4 atom stereocenters. The number of aliphatic hydroxyl groups is 2. The van der Waals surface area contributed by atoms with Gasteiger partial charge in [0.2, 0.25) is 0 Å². The summed E-state index contributed by atoms with van der Waals surface area (Å²) in [7, 11) is 0. The molecule has 2 heteroatoms. The molecule has 1 rings (SSSR count). The van der Waals surface area contributed by atoms with Gasteiger partial charge in [-0.05, 0) is 13.3 Å². The molecule has 0 aliphatic heterocycles. The predicted octanol–water partition coefficient (Wildman–Crippen LogP) is 1.33. The Balaban J connectivity index is 2.83. The van der Waals surface area contributed by atoms with Crippen LogP contribution in [0, 0.1) is 11.8 Å². The average molecular weight is 170 g/mol. The van der Waals surface area contributed by atoms with Gasteiger partial charge in [0.1, 0.15) is 0 Å². The first kappa shape index (κ1) is 9.75. The first-order chi connectivity index (χ1) is 5.45. The van der Waals surface area contributed by atoms with Crippen molar-refractivity contribution < 1.29 is 10.2 Å². The van der Waals surface area contributed by atoms with Gasteiger partial charge >= 0.3 is 0 Å². The summed E-state index contributed by atoms with van der Waals surface area (Å²) in [6, 6.07) is 0. The van der Waals surface area contributed by atoms with Gasteiger partial charge in [0.15, 0.2) is 0 Å². The fourth-order valence-electron chi connectivity index (χ4n) is 1.64. The minimum Gasteiger partial charge on any atom is -0.392 e. The van der Waals surface area contributed by atoms with Crippen LogP contribution in [0.15, 0.2) is 12.2 Å². The monoisotopic (exact) mass is 170 g/mol. The standard InChI is InChI=1S/C10H18O2/c1-7-5-4-6-10(3,12)8(2)9(7)11/h4-5,7-9,11-12H,6H2,1-3H3/t7-,8-,9-,10-/m1/s1. The third kappa shape index (κ3) is 1.70. The lowest BCUT2D eigenvalue weighted by Gasteiger charge is -2.32. The molecule has 0 saturated carbocycles. The van der Waals surface area contributed by atoms with E-state index < -0.39 is 11.7 Å². The highest BCUT2D eigenvalue weighted by Crippen LogP contribution is 2.31. The van der Waals surface area contributed by atoms with Gasteiger partial charge in [0.25, 0.3) is 0 Å². The summed E-state index contributed by atoms with van der Waals surface area (Å²) >= 11 is 0. The lowest BCUT2D eigenvalue weighted by Crippen LogP contribution is -2.40. The van der Waals surface area contributed by atoms with Crippen LogP contribution in [0.2, 0.25) is 0 Å². The van der Waals surface area contributed by atoms with Gasteiger partial charge in [-0.25, -0.2) is 0 Å². The predicted molar refractivity (Wildman–Crippen MR) is 48.7 cm³/mol. The molecule has 0 heterocycles. The zero-order chi connectivity index (χ0) is 9.35. The molecule has 0 saturated heterocycles. The smallest absolute Gasteiger partial charge is 0.0704 e. The van der Waals surface area contributed by atoms with Crippen LogP contribution in [-0.4, -0.2) is 21.9 Å². The highest BCUT2D eigenvalue weighted by molar-refractivity contribution is 5.02. The summed E-state index contributed by atoms with van der Waals surface area (Å²) in [5.41, 5.74) is -0.763. The van der Waals surface area contributed by atoms with Gasteiger partial charge in [0, 0.05) is 11.8 Å². The zero-order valence-corrected chi connectivity index (χ0v) is 7.99. The van der Waals surface area contributed by atoms with Crippen LogP contribution in [0.5, 0.6) is 0 Å². The largest absolute Gasteiger partial charge is 0.392 e. The van der Waals surface area contributed by atoms with Crippen LogP contribution in [-0.2, 0) is 0 Å². The summed E-state index contributed by atoms with van der Waals surface area (Å²) in [4.78, 5) is 0. The van der Waals surface area contributed by atoms with Crippen molar-refractivity contribution in [3.05, 3.63) is 12.2 Å². The Bertz CT molecular complexity index is 184. The minimum absolute atomic E-state index is 0.0671. The lowest BCUT2D eigenvalue weighted by atomic mass is 9.82. The van der Waals surface area contributed by atoms with E-state index in [1.807, 2.05) is 26.0 Å². The maximum atomic E-state index is 9.90. The fraction of sp³-hybridized carbons (Fsp3) is 0.800. The van der Waals surface area contributed by atoms with E-state index in [-0.39, 0.29) is 11.8 Å². The molecule has 2 N–H and O–H groups in total. The molecule has 0 bridgehead atoms. The van der Waals surface area contributed by atoms with Crippen LogP contribution in [0.25, 0.3) is 0 Å². The molecule has 1 aliphatic rings. The second-order valence-electron chi connectivity index (χ2n) is 4.13. The summed E-state index contributed by atoms with van der Waals surface area (Å²) in [6.45, 7) is 5.65. The van der Waals surface area contributed by atoms with Crippen LogP contribution in [0.4, 0.5) is 0 Å². The van der Waals surface area contributed by atoms with Crippen molar-refractivity contribution in [2.75, 3.05) is 0 Å². The first-order valence-electron chi connectivity index (χ1n) is 4.52. The van der Waals surface area contributed by atoms with E-state index in [0.717, 1.165) is 0 Å². The Morgan fingerprint density at radius 2 is 2.00 bits per heavy atom. The highest BCUT2D eigenvalue weighted by Gasteiger charge is 2.36. The first-order valence-corrected chi connectivity index (χ1v) is 4.52. The van der Waals surface area contributed by atoms with Crippen LogP contribution in [0.3, 0.4) is 0 Å². The highest BCUT2D eigenvalue weighted by atomic mass is 16.3. The molecular formula is C10H18O2. The molecule has 0 aromatic carbocycles. The molecule has 2 nitrogen and oxygen atoms in total. The SMILES string of the molecule is C[C@@H]1C=CC[C@@](C)(O)[C@H](C)[C@@H]1O. The summed E-state index contributed by atoms with van der Waals surface area (Å²) in [5, 5.41) is 19.7. The quantitative estimate of drug-likeness (QED) is 0.538. The molecule has 0 fully saturated rings. The Morgan fingerprint density at radius 1 is 1.42 bits per heavy atom. The Morgan fingerprint density at radius 3 is 2.58 bits per heavy atom. The molecule has 0 spiro atoms. The van der Waals surface area contributed by atoms with Gasteiger partial charge in [-0.1, -0.05) is 26.0 Å². The van der Waals surface area contributed by atoms with Crippen molar-refractivity contribution in [3.63, 3.8) is 0 Å². The van der Waals surface area contributed by atoms with Crippen LogP contribution in [0.1, 0.15) is 27.2 Å². The van der Waals surface area contributed by atoms with Gasteiger partial charge in [-0.3, -0.25) is 0 Å². The van der Waals surface area contributed by atoms with Gasteiger partial charge in [-0.15, -0.1) is 0 Å². The molecule has 70 valence electrons. The number of hydrogen-bond acceptors (Lipinski definition) is 2. The van der Waals surface area contributed by atoms with Gasteiger partial charge in [0.05, 0.1) is 11.7 Å². The van der Waals surface area contributed by atoms with Crippen molar-refractivity contribution in [2.45, 2.75) is 38.9 Å². The van der Waals surface area contributed by atoms with Crippen molar-refractivity contribution in [2.24, 2.45) is 11.8 Å². The van der Waals surface area contributed by atoms with Gasteiger partial charge < -0.3 is 10.2 Å². The molecule has 0 aromatic heterocycles. The summed E-state index contributed by atoms with van der Waals surface area (Å²) < 4.78 is 0. The molecule has 0 amide bonds. The molecule has 0 aromatic rings. The number of rotatable bonds is 0. The normalized spacial score (nSPS) is 48.9. The topological polar surface area (TPSA) is 40.5 Å². The van der Waals surface area contributed by atoms with E-state index in [1.165, 1.54) is 0 Å². The minimum atomic E-state index is -0.763. The van der Waals surface area contributed by atoms with E-state index in [1.54, 1.807) is 6.92 Å². The number of hydrogen-bond donors (Lipinski definition) is 2. The van der Waals surface area contributed by atoms with E-state index in [4.69, 9.17) is 0 Å². The van der Waals surface area contributed by atoms with Crippen molar-refractivity contribution >= 4 is 0 Å². The van der Waals surface area contributed by atoms with Crippen molar-refractivity contribution in [1.29, 1.82) is 0 Å². The summed E-state index contributed by atoms with van der Waals surface area (Å²) in [5.74, 6) is 0.0801. The van der Waals surface area contributed by atoms with Crippen LogP contribution >= 0.6 is 0 Å². The number of aliphatic hydroxyl groups excluding tert-OH is 1. The average Bonchev–Trinajstić information content (AvgIpc) is 2.06. The Hall–Kier alpha value is -0.340. The lowest BCUT2D eigenvalue weighted by molar-refractivity contribution is -0.0552. The molecule has 0 radical (unpaired) electrons. The molecule has 1 aliphatic carbocycles. The second-order valence-corrected chi connectivity index (χ2v) is 4.13. The Kier molecular flexibility index (Phi) is 2.59. The van der Waals surface area contributed by atoms with Crippen molar-refractivity contribution in [3.8, 4) is 0 Å². The maximum absolute atomic E-state index is 9.90. The molecule has 0 unspecified atom stereocenters. The van der Waals surface area contributed by atoms with E-state index >= 15 is 0 Å². The maximum Gasteiger partial charge on any atom is 0.0704 e. The zero-order valence-electron chi connectivity index (χ0n) is 7.99. The van der Waals surface area contributed by atoms with Crippen molar-refractivity contribution in [1.82, 2.24) is 0 Å². The van der Waals surface area contributed by atoms with Crippen LogP contribution < -0.4 is 0 Å². The molecular weight excluding hydrogens is 152 g/mol. The Labute approximate surface area is 73.9 Å². The fourth-order valence-corrected chi connectivity index (χ4v) is 1.64. The van der Waals surface area contributed by atoms with E-state index in [2.05, 4.69) is 0 Å². The molecule has 12 heavy (non-hydrogen) atoms.